The lowest BCUT2D eigenvalue weighted by molar-refractivity contribution is 0.354. The molecule has 0 fully saturated rings. The number of hydrogen-bond acceptors (Lipinski definition) is 6. The second kappa shape index (κ2) is 9.17. The first-order chi connectivity index (χ1) is 12.1. The van der Waals surface area contributed by atoms with Crippen molar-refractivity contribution in [3.8, 4) is 23.0 Å². The lowest BCUT2D eigenvalue weighted by Crippen LogP contribution is -2.06. The Kier molecular flexibility index (Phi) is 6.94. The molecule has 0 unspecified atom stereocenters. The van der Waals surface area contributed by atoms with Gasteiger partial charge in [0.2, 0.25) is 0 Å². The summed E-state index contributed by atoms with van der Waals surface area (Å²) >= 11 is 3.46. The van der Waals surface area contributed by atoms with Crippen LogP contribution in [0.2, 0.25) is 0 Å². The third-order valence-corrected chi connectivity index (χ3v) is 4.15. The summed E-state index contributed by atoms with van der Waals surface area (Å²) in [4.78, 5) is 0. The Labute approximate surface area is 155 Å². The van der Waals surface area contributed by atoms with Gasteiger partial charge in [0.25, 0.3) is 0 Å². The van der Waals surface area contributed by atoms with Gasteiger partial charge in [-0.25, -0.2) is 0 Å². The molecule has 7 heteroatoms. The molecule has 2 aromatic carbocycles. The van der Waals surface area contributed by atoms with E-state index < -0.39 is 0 Å². The van der Waals surface area contributed by atoms with Crippen LogP contribution in [0.1, 0.15) is 11.1 Å². The molecule has 134 valence electrons. The number of nitrogens with zero attached hydrogens (tertiary/aromatic N) is 1. The fourth-order valence-electron chi connectivity index (χ4n) is 2.23. The molecule has 0 saturated carbocycles. The van der Waals surface area contributed by atoms with Crippen molar-refractivity contribution in [2.75, 3.05) is 28.4 Å². The first-order valence-electron chi connectivity index (χ1n) is 7.51. The number of methoxy groups -OCH3 is 4. The van der Waals surface area contributed by atoms with Crippen molar-refractivity contribution < 1.29 is 18.9 Å². The molecule has 6 nitrogen and oxygen atoms in total. The summed E-state index contributed by atoms with van der Waals surface area (Å²) in [7, 11) is 6.44. The van der Waals surface area contributed by atoms with Crippen molar-refractivity contribution in [2.24, 2.45) is 5.10 Å². The zero-order chi connectivity index (χ0) is 18.2. The molecule has 0 saturated heterocycles. The Morgan fingerprint density at radius 1 is 0.880 bits per heavy atom. The van der Waals surface area contributed by atoms with Crippen LogP contribution in [0.3, 0.4) is 0 Å². The van der Waals surface area contributed by atoms with E-state index in [0.29, 0.717) is 29.5 Å². The van der Waals surface area contributed by atoms with Crippen molar-refractivity contribution in [3.63, 3.8) is 0 Å². The van der Waals surface area contributed by atoms with Crippen molar-refractivity contribution in [2.45, 2.75) is 6.54 Å². The first kappa shape index (κ1) is 18.9. The number of benzene rings is 2. The fourth-order valence-corrected chi connectivity index (χ4v) is 2.75. The van der Waals surface area contributed by atoms with E-state index in [9.17, 15) is 0 Å². The van der Waals surface area contributed by atoms with Crippen LogP contribution >= 0.6 is 15.9 Å². The van der Waals surface area contributed by atoms with Crippen LogP contribution in [0.5, 0.6) is 23.0 Å². The van der Waals surface area contributed by atoms with Crippen LogP contribution in [0.15, 0.2) is 39.9 Å². The Hall–Kier alpha value is -2.41. The summed E-state index contributed by atoms with van der Waals surface area (Å²) in [5.74, 6) is 2.76. The predicted molar refractivity (Wildman–Crippen MR) is 101 cm³/mol. The van der Waals surface area contributed by atoms with E-state index in [1.165, 1.54) is 0 Å². The van der Waals surface area contributed by atoms with Gasteiger partial charge in [0.1, 0.15) is 11.5 Å². The molecular weight excluding hydrogens is 388 g/mol. The Balaban J connectivity index is 2.05. The van der Waals surface area contributed by atoms with Gasteiger partial charge in [0.15, 0.2) is 11.5 Å². The van der Waals surface area contributed by atoms with E-state index in [0.717, 1.165) is 15.6 Å². The lowest BCUT2D eigenvalue weighted by Gasteiger charge is -2.10. The van der Waals surface area contributed by atoms with Crippen molar-refractivity contribution in [3.05, 3.63) is 45.9 Å². The highest BCUT2D eigenvalue weighted by Crippen LogP contribution is 2.32. The summed E-state index contributed by atoms with van der Waals surface area (Å²) in [6.07, 6.45) is 1.70. The van der Waals surface area contributed by atoms with E-state index in [4.69, 9.17) is 18.9 Å². The zero-order valence-electron chi connectivity index (χ0n) is 14.6. The molecule has 0 aliphatic carbocycles. The summed E-state index contributed by atoms with van der Waals surface area (Å²) in [6, 6.07) is 9.42. The molecule has 0 bridgehead atoms. The van der Waals surface area contributed by atoms with Gasteiger partial charge in [-0.2, -0.15) is 5.10 Å². The highest BCUT2D eigenvalue weighted by molar-refractivity contribution is 9.10. The quantitative estimate of drug-likeness (QED) is 0.533. The molecule has 0 aliphatic rings. The highest BCUT2D eigenvalue weighted by Gasteiger charge is 2.08. The second-order valence-corrected chi connectivity index (χ2v) is 5.87. The molecule has 0 atom stereocenters. The van der Waals surface area contributed by atoms with Gasteiger partial charge < -0.3 is 24.4 Å². The van der Waals surface area contributed by atoms with Crippen LogP contribution in [0.4, 0.5) is 0 Å². The number of rotatable bonds is 8. The van der Waals surface area contributed by atoms with Crippen molar-refractivity contribution in [1.82, 2.24) is 5.43 Å². The summed E-state index contributed by atoms with van der Waals surface area (Å²) < 4.78 is 22.0. The largest absolute Gasteiger partial charge is 0.496 e. The van der Waals surface area contributed by atoms with Gasteiger partial charge in [-0.3, -0.25) is 0 Å². The maximum atomic E-state index is 5.36. The normalized spacial score (nSPS) is 10.6. The number of nitrogens with one attached hydrogen (secondary N) is 1. The maximum absolute atomic E-state index is 5.36. The van der Waals surface area contributed by atoms with Crippen molar-refractivity contribution >= 4 is 22.1 Å². The summed E-state index contributed by atoms with van der Waals surface area (Å²) in [5.41, 5.74) is 4.86. The number of halogens is 1. The van der Waals surface area contributed by atoms with Gasteiger partial charge in [0, 0.05) is 11.6 Å². The minimum Gasteiger partial charge on any atom is -0.496 e. The van der Waals surface area contributed by atoms with Crippen LogP contribution in [-0.2, 0) is 6.54 Å². The zero-order valence-corrected chi connectivity index (χ0v) is 16.2. The van der Waals surface area contributed by atoms with Crippen LogP contribution in [-0.4, -0.2) is 34.7 Å². The number of hydrazone groups is 1. The van der Waals surface area contributed by atoms with Gasteiger partial charge in [-0.1, -0.05) is 6.07 Å². The molecule has 0 amide bonds. The van der Waals surface area contributed by atoms with Crippen LogP contribution in [0, 0.1) is 0 Å². The topological polar surface area (TPSA) is 61.3 Å². The molecule has 0 aliphatic heterocycles. The SMILES string of the molecule is COc1cc(OC)c(/C=N/NCc2ccc(OC)c(OC)c2)cc1Br. The Morgan fingerprint density at radius 3 is 2.20 bits per heavy atom. The minimum absolute atomic E-state index is 0.552. The molecule has 0 aromatic heterocycles. The number of hydrogen-bond donors (Lipinski definition) is 1. The summed E-state index contributed by atoms with van der Waals surface area (Å²) in [5, 5.41) is 4.25. The third kappa shape index (κ3) is 4.79. The van der Waals surface area contributed by atoms with Crippen molar-refractivity contribution in [1.29, 1.82) is 0 Å². The summed E-state index contributed by atoms with van der Waals surface area (Å²) in [6.45, 7) is 0.552. The Bertz CT molecular complexity index is 750. The lowest BCUT2D eigenvalue weighted by atomic mass is 10.2. The fraction of sp³-hybridized carbons (Fsp3) is 0.278. The van der Waals surface area contributed by atoms with Crippen LogP contribution < -0.4 is 24.4 Å². The molecule has 0 heterocycles. The van der Waals surface area contributed by atoms with Gasteiger partial charge in [-0.15, -0.1) is 0 Å². The smallest absolute Gasteiger partial charge is 0.161 e. The second-order valence-electron chi connectivity index (χ2n) is 5.01. The van der Waals surface area contributed by atoms with Gasteiger partial charge in [0.05, 0.1) is 45.7 Å². The monoisotopic (exact) mass is 408 g/mol. The van der Waals surface area contributed by atoms with E-state index in [1.54, 1.807) is 40.7 Å². The maximum Gasteiger partial charge on any atom is 0.161 e. The molecular formula is C18H21BrN2O4. The third-order valence-electron chi connectivity index (χ3n) is 3.53. The standard InChI is InChI=1S/C18H21BrN2O4/c1-22-15-6-5-12(7-18(15)25-4)10-20-21-11-13-8-14(19)17(24-3)9-16(13)23-2/h5-9,11,20H,10H2,1-4H3/b21-11+. The molecule has 2 aromatic rings. The van der Waals surface area contributed by atoms with E-state index in [2.05, 4.69) is 26.5 Å². The average molecular weight is 409 g/mol. The minimum atomic E-state index is 0.552. The predicted octanol–water partition coefficient (Wildman–Crippen LogP) is 3.61. The van der Waals surface area contributed by atoms with E-state index >= 15 is 0 Å². The average Bonchev–Trinajstić information content (AvgIpc) is 2.65. The van der Waals surface area contributed by atoms with Crippen LogP contribution in [0.25, 0.3) is 0 Å². The molecule has 0 radical (unpaired) electrons. The van der Waals surface area contributed by atoms with Gasteiger partial charge >= 0.3 is 0 Å². The van der Waals surface area contributed by atoms with Gasteiger partial charge in [-0.05, 0) is 39.7 Å². The first-order valence-corrected chi connectivity index (χ1v) is 8.30. The molecule has 25 heavy (non-hydrogen) atoms. The molecule has 1 N–H and O–H groups in total. The van der Waals surface area contributed by atoms with E-state index in [-0.39, 0.29) is 0 Å². The van der Waals surface area contributed by atoms with E-state index in [1.807, 2.05) is 24.3 Å². The Morgan fingerprint density at radius 2 is 1.56 bits per heavy atom. The number of ether oxygens (including phenoxy) is 4. The molecule has 2 rings (SSSR count). The molecule has 0 spiro atoms. The highest BCUT2D eigenvalue weighted by atomic mass is 79.9.